The van der Waals surface area contributed by atoms with Gasteiger partial charge in [-0.2, -0.15) is 8.42 Å². The van der Waals surface area contributed by atoms with E-state index in [4.69, 9.17) is 4.18 Å². The fourth-order valence-electron chi connectivity index (χ4n) is 5.64. The zero-order valence-electron chi connectivity index (χ0n) is 14.7. The maximum Gasteiger partial charge on any atom is 0.315 e. The lowest BCUT2D eigenvalue weighted by molar-refractivity contribution is 0.0308. The van der Waals surface area contributed by atoms with Crippen LogP contribution in [-0.2, 0) is 10.1 Å². The summed E-state index contributed by atoms with van der Waals surface area (Å²) < 4.78 is 31.2. The summed E-state index contributed by atoms with van der Waals surface area (Å²) in [6.07, 6.45) is 7.21. The molecule has 3 nitrogen and oxygen atoms in total. The Morgan fingerprint density at radius 3 is 2.00 bits per heavy atom. The second-order valence-electron chi connectivity index (χ2n) is 8.52. The van der Waals surface area contributed by atoms with Crippen LogP contribution in [0.3, 0.4) is 0 Å². The monoisotopic (exact) mass is 348 g/mol. The quantitative estimate of drug-likeness (QED) is 0.713. The second kappa shape index (κ2) is 5.76. The molecule has 0 amide bonds. The summed E-state index contributed by atoms with van der Waals surface area (Å²) in [4.78, 5) is 0. The molecule has 5 rings (SSSR count). The van der Waals surface area contributed by atoms with Crippen molar-refractivity contribution in [3.63, 3.8) is 0 Å². The van der Waals surface area contributed by atoms with Gasteiger partial charge in [0.05, 0.1) is 0 Å². The number of rotatable bonds is 5. The molecule has 1 aromatic rings. The molecule has 132 valence electrons. The number of hydrogen-bond donors (Lipinski definition) is 0. The van der Waals surface area contributed by atoms with Crippen LogP contribution in [-0.4, -0.2) is 13.2 Å². The Labute approximate surface area is 145 Å². The smallest absolute Gasteiger partial charge is 0.315 e. The Kier molecular flexibility index (Phi) is 3.94. The van der Waals surface area contributed by atoms with Crippen LogP contribution in [0.4, 0.5) is 0 Å². The third kappa shape index (κ3) is 2.67. The molecule has 1 atom stereocenters. The summed E-state index contributed by atoms with van der Waals surface area (Å²) in [6.45, 7) is 4.34. The van der Waals surface area contributed by atoms with Crippen LogP contribution in [0.2, 0.25) is 0 Å². The highest BCUT2D eigenvalue weighted by molar-refractivity contribution is 7.88. The molecule has 0 radical (unpaired) electrons. The van der Waals surface area contributed by atoms with Crippen LogP contribution in [0.15, 0.2) is 24.3 Å². The Balaban J connectivity index is 1.55. The molecule has 4 fully saturated rings. The fraction of sp³-hybridized carbons (Fsp3) is 0.700. The molecule has 24 heavy (non-hydrogen) atoms. The topological polar surface area (TPSA) is 43.4 Å². The van der Waals surface area contributed by atoms with Crippen LogP contribution >= 0.6 is 0 Å². The Hall–Kier alpha value is -1.03. The van der Waals surface area contributed by atoms with Gasteiger partial charge in [-0.1, -0.05) is 26.0 Å². The minimum absolute atomic E-state index is 0.470. The van der Waals surface area contributed by atoms with Gasteiger partial charge < -0.3 is 4.18 Å². The SMILES string of the molecule is CCC(C)c1ccc(OS(=O)(=O)C23CC4CC(CC(C4)C2)C3)cc1. The van der Waals surface area contributed by atoms with Crippen molar-refractivity contribution in [2.24, 2.45) is 17.8 Å². The average molecular weight is 349 g/mol. The molecule has 0 spiro atoms. The van der Waals surface area contributed by atoms with Crippen molar-refractivity contribution in [3.8, 4) is 5.75 Å². The summed E-state index contributed by atoms with van der Waals surface area (Å²) in [6, 6.07) is 7.64. The van der Waals surface area contributed by atoms with Gasteiger partial charge in [-0.25, -0.2) is 0 Å². The molecule has 0 aromatic heterocycles. The predicted molar refractivity (Wildman–Crippen MR) is 95.6 cm³/mol. The molecule has 4 heteroatoms. The van der Waals surface area contributed by atoms with Gasteiger partial charge in [0, 0.05) is 0 Å². The van der Waals surface area contributed by atoms with E-state index in [0.717, 1.165) is 25.7 Å². The van der Waals surface area contributed by atoms with Gasteiger partial charge in [0.2, 0.25) is 0 Å². The third-order valence-corrected chi connectivity index (χ3v) is 8.75. The first kappa shape index (κ1) is 16.4. The van der Waals surface area contributed by atoms with Crippen LogP contribution in [0.1, 0.15) is 70.3 Å². The van der Waals surface area contributed by atoms with E-state index in [1.165, 1.54) is 24.8 Å². The zero-order chi connectivity index (χ0) is 16.9. The van der Waals surface area contributed by atoms with Crippen LogP contribution < -0.4 is 4.18 Å². The lowest BCUT2D eigenvalue weighted by Crippen LogP contribution is -2.55. The lowest BCUT2D eigenvalue weighted by atomic mass is 9.56. The summed E-state index contributed by atoms with van der Waals surface area (Å²) in [5.74, 6) is 2.75. The van der Waals surface area contributed by atoms with E-state index in [1.54, 1.807) is 0 Å². The molecular formula is C20H28O3S. The maximum atomic E-state index is 13.1. The normalized spacial score (nSPS) is 35.8. The number of hydrogen-bond acceptors (Lipinski definition) is 3. The van der Waals surface area contributed by atoms with Gasteiger partial charge in [0.1, 0.15) is 10.5 Å². The molecule has 1 unspecified atom stereocenters. The Morgan fingerprint density at radius 2 is 1.54 bits per heavy atom. The van der Waals surface area contributed by atoms with Crippen molar-refractivity contribution in [1.82, 2.24) is 0 Å². The molecule has 0 aliphatic heterocycles. The van der Waals surface area contributed by atoms with Gasteiger partial charge in [-0.05, 0) is 86.3 Å². The van der Waals surface area contributed by atoms with Crippen molar-refractivity contribution < 1.29 is 12.6 Å². The van der Waals surface area contributed by atoms with Gasteiger partial charge >= 0.3 is 10.1 Å². The lowest BCUT2D eigenvalue weighted by Gasteiger charge is -2.55. The minimum atomic E-state index is -3.57. The third-order valence-electron chi connectivity index (χ3n) is 6.78. The average Bonchev–Trinajstić information content (AvgIpc) is 2.53. The van der Waals surface area contributed by atoms with E-state index in [0.29, 0.717) is 29.4 Å². The molecule has 0 N–H and O–H groups in total. The van der Waals surface area contributed by atoms with Gasteiger partial charge in [0.25, 0.3) is 0 Å². The van der Waals surface area contributed by atoms with Crippen LogP contribution in [0.5, 0.6) is 5.75 Å². The van der Waals surface area contributed by atoms with Crippen molar-refractivity contribution in [2.75, 3.05) is 0 Å². The second-order valence-corrected chi connectivity index (χ2v) is 10.5. The van der Waals surface area contributed by atoms with Crippen LogP contribution in [0.25, 0.3) is 0 Å². The molecule has 0 saturated heterocycles. The Morgan fingerprint density at radius 1 is 1.04 bits per heavy atom. The first-order valence-electron chi connectivity index (χ1n) is 9.45. The van der Waals surface area contributed by atoms with E-state index >= 15 is 0 Å². The summed E-state index contributed by atoms with van der Waals surface area (Å²) in [7, 11) is -3.57. The fourth-order valence-corrected chi connectivity index (χ4v) is 7.50. The molecule has 1 aromatic carbocycles. The van der Waals surface area contributed by atoms with E-state index in [-0.39, 0.29) is 0 Å². The van der Waals surface area contributed by atoms with Crippen molar-refractivity contribution in [2.45, 2.75) is 69.5 Å². The van der Waals surface area contributed by atoms with E-state index in [1.807, 2.05) is 24.3 Å². The highest BCUT2D eigenvalue weighted by atomic mass is 32.2. The molecule has 0 heterocycles. The molecule has 4 saturated carbocycles. The Bertz CT molecular complexity index is 670. The first-order chi connectivity index (χ1) is 11.4. The zero-order valence-corrected chi connectivity index (χ0v) is 15.5. The summed E-state index contributed by atoms with van der Waals surface area (Å²) in [5.41, 5.74) is 1.23. The van der Waals surface area contributed by atoms with Gasteiger partial charge in [-0.15, -0.1) is 0 Å². The van der Waals surface area contributed by atoms with Gasteiger partial charge in [-0.3, -0.25) is 0 Å². The number of benzene rings is 1. The summed E-state index contributed by atoms with van der Waals surface area (Å²) in [5, 5.41) is 0. The molecule has 4 aliphatic rings. The van der Waals surface area contributed by atoms with Crippen molar-refractivity contribution in [1.29, 1.82) is 0 Å². The maximum absolute atomic E-state index is 13.1. The predicted octanol–water partition coefficient (Wildman–Crippen LogP) is 4.88. The van der Waals surface area contributed by atoms with E-state index in [9.17, 15) is 8.42 Å². The van der Waals surface area contributed by atoms with E-state index < -0.39 is 14.9 Å². The van der Waals surface area contributed by atoms with Gasteiger partial charge in [0.15, 0.2) is 0 Å². The molecular weight excluding hydrogens is 320 g/mol. The van der Waals surface area contributed by atoms with Crippen LogP contribution in [0, 0.1) is 17.8 Å². The van der Waals surface area contributed by atoms with Crippen molar-refractivity contribution >= 4 is 10.1 Å². The highest BCUT2D eigenvalue weighted by Gasteiger charge is 2.58. The largest absolute Gasteiger partial charge is 0.382 e. The first-order valence-corrected chi connectivity index (χ1v) is 10.9. The highest BCUT2D eigenvalue weighted by Crippen LogP contribution is 2.58. The molecule has 4 bridgehead atoms. The van der Waals surface area contributed by atoms with Crippen molar-refractivity contribution in [3.05, 3.63) is 29.8 Å². The minimum Gasteiger partial charge on any atom is -0.382 e. The van der Waals surface area contributed by atoms with E-state index in [2.05, 4.69) is 13.8 Å². The molecule has 4 aliphatic carbocycles. The standard InChI is InChI=1S/C20H28O3S/c1-3-14(2)18-4-6-19(7-5-18)23-24(21,22)20-11-15-8-16(12-20)10-17(9-15)13-20/h4-7,14-17H,3,8-13H2,1-2H3. The summed E-state index contributed by atoms with van der Waals surface area (Å²) >= 11 is 0.